The Morgan fingerprint density at radius 2 is 2.11 bits per heavy atom. The number of rotatable bonds is 6. The van der Waals surface area contributed by atoms with Crippen molar-refractivity contribution in [2.45, 2.75) is 13.3 Å². The topological polar surface area (TPSA) is 107 Å². The maximum Gasteiger partial charge on any atom is 0.252 e. The highest BCUT2D eigenvalue weighted by atomic mass is 16.5. The first kappa shape index (κ1) is 13.8. The van der Waals surface area contributed by atoms with Gasteiger partial charge >= 0.3 is 0 Å². The summed E-state index contributed by atoms with van der Waals surface area (Å²) in [6.07, 6.45) is 0.219. The van der Waals surface area contributed by atoms with Gasteiger partial charge in [-0.15, -0.1) is 0 Å². The molecule has 5 N–H and O–H groups in total. The largest absolute Gasteiger partial charge is 0.492 e. The molecule has 0 unspecified atom stereocenters. The van der Waals surface area contributed by atoms with Gasteiger partial charge < -0.3 is 21.5 Å². The van der Waals surface area contributed by atoms with E-state index in [-0.39, 0.29) is 24.5 Å². The molecule has 1 rings (SSSR count). The molecule has 1 aromatic carbocycles. The van der Waals surface area contributed by atoms with Gasteiger partial charge in [0.2, 0.25) is 5.91 Å². The van der Waals surface area contributed by atoms with Crippen LogP contribution in [0.4, 0.5) is 5.69 Å². The summed E-state index contributed by atoms with van der Waals surface area (Å²) in [7, 11) is 0. The van der Waals surface area contributed by atoms with Crippen LogP contribution in [0, 0.1) is 0 Å². The number of carbonyl (C=O) groups excluding carboxylic acids is 2. The number of nitrogens with two attached hydrogens (primary N) is 2. The first-order valence-electron chi connectivity index (χ1n) is 5.63. The van der Waals surface area contributed by atoms with E-state index < -0.39 is 5.91 Å². The molecule has 1 aromatic rings. The van der Waals surface area contributed by atoms with E-state index in [9.17, 15) is 9.59 Å². The molecule has 0 fully saturated rings. The van der Waals surface area contributed by atoms with Gasteiger partial charge in [-0.1, -0.05) is 0 Å². The van der Waals surface area contributed by atoms with Crippen molar-refractivity contribution in [1.29, 1.82) is 0 Å². The van der Waals surface area contributed by atoms with Crippen LogP contribution in [0.3, 0.4) is 0 Å². The third-order valence-electron chi connectivity index (χ3n) is 2.23. The van der Waals surface area contributed by atoms with Crippen molar-refractivity contribution in [2.24, 2.45) is 5.73 Å². The molecule has 0 aliphatic heterocycles. The number of carbonyl (C=O) groups is 2. The van der Waals surface area contributed by atoms with E-state index in [0.717, 1.165) is 0 Å². The first-order valence-corrected chi connectivity index (χ1v) is 5.63. The number of hydrogen-bond acceptors (Lipinski definition) is 4. The molecule has 18 heavy (non-hydrogen) atoms. The van der Waals surface area contributed by atoms with Crippen LogP contribution in [0.5, 0.6) is 5.75 Å². The molecular weight excluding hydrogens is 234 g/mol. The smallest absolute Gasteiger partial charge is 0.252 e. The lowest BCUT2D eigenvalue weighted by molar-refractivity contribution is -0.121. The van der Waals surface area contributed by atoms with Gasteiger partial charge in [-0.05, 0) is 25.1 Å². The fraction of sp³-hybridized carbons (Fsp3) is 0.333. The third kappa shape index (κ3) is 3.97. The van der Waals surface area contributed by atoms with E-state index in [2.05, 4.69) is 5.32 Å². The van der Waals surface area contributed by atoms with Crippen LogP contribution in [0.1, 0.15) is 23.7 Å². The van der Waals surface area contributed by atoms with Crippen LogP contribution in [0.15, 0.2) is 18.2 Å². The Kier molecular flexibility index (Phi) is 4.98. The van der Waals surface area contributed by atoms with Gasteiger partial charge in [-0.3, -0.25) is 9.59 Å². The second-order valence-corrected chi connectivity index (χ2v) is 3.67. The van der Waals surface area contributed by atoms with Gasteiger partial charge in [0.15, 0.2) is 0 Å². The predicted molar refractivity (Wildman–Crippen MR) is 68.2 cm³/mol. The molecular formula is C12H17N3O3. The first-order chi connectivity index (χ1) is 8.54. The summed E-state index contributed by atoms with van der Waals surface area (Å²) in [5.41, 5.74) is 11.4. The fourth-order valence-corrected chi connectivity index (χ4v) is 1.41. The van der Waals surface area contributed by atoms with E-state index in [1.54, 1.807) is 12.1 Å². The Morgan fingerprint density at radius 1 is 1.39 bits per heavy atom. The Morgan fingerprint density at radius 3 is 2.72 bits per heavy atom. The summed E-state index contributed by atoms with van der Waals surface area (Å²) in [5.74, 6) is -0.384. The van der Waals surface area contributed by atoms with E-state index in [4.69, 9.17) is 16.2 Å². The van der Waals surface area contributed by atoms with Crippen molar-refractivity contribution in [3.8, 4) is 5.75 Å². The SMILES string of the molecule is CCNC(=O)CCOc1ccc(N)cc1C(N)=O. The Balaban J connectivity index is 2.62. The second kappa shape index (κ2) is 6.48. The summed E-state index contributed by atoms with van der Waals surface area (Å²) in [6, 6.07) is 4.62. The molecule has 98 valence electrons. The minimum absolute atomic E-state index is 0.103. The minimum Gasteiger partial charge on any atom is -0.492 e. The van der Waals surface area contributed by atoms with Crippen LogP contribution in [-0.4, -0.2) is 25.0 Å². The maximum absolute atomic E-state index is 11.2. The lowest BCUT2D eigenvalue weighted by Crippen LogP contribution is -2.24. The third-order valence-corrected chi connectivity index (χ3v) is 2.23. The summed E-state index contributed by atoms with van der Waals surface area (Å²) in [6.45, 7) is 2.59. The molecule has 0 aliphatic carbocycles. The zero-order chi connectivity index (χ0) is 13.5. The fourth-order valence-electron chi connectivity index (χ4n) is 1.41. The molecule has 0 atom stereocenters. The quantitative estimate of drug-likeness (QED) is 0.631. The van der Waals surface area contributed by atoms with Gasteiger partial charge in [0.05, 0.1) is 18.6 Å². The van der Waals surface area contributed by atoms with E-state index in [1.807, 2.05) is 6.92 Å². The van der Waals surface area contributed by atoms with Gasteiger partial charge in [0.25, 0.3) is 5.91 Å². The average Bonchev–Trinajstić information content (AvgIpc) is 2.31. The van der Waals surface area contributed by atoms with E-state index in [0.29, 0.717) is 18.0 Å². The second-order valence-electron chi connectivity index (χ2n) is 3.67. The molecule has 6 nitrogen and oxygen atoms in total. The Hall–Kier alpha value is -2.24. The van der Waals surface area contributed by atoms with Crippen LogP contribution in [0.2, 0.25) is 0 Å². The molecule has 0 heterocycles. The van der Waals surface area contributed by atoms with Gasteiger partial charge in [-0.2, -0.15) is 0 Å². The molecule has 0 aromatic heterocycles. The lowest BCUT2D eigenvalue weighted by atomic mass is 10.1. The molecule has 0 saturated heterocycles. The zero-order valence-corrected chi connectivity index (χ0v) is 10.2. The normalized spacial score (nSPS) is 9.83. The van der Waals surface area contributed by atoms with Gasteiger partial charge in [0, 0.05) is 12.2 Å². The van der Waals surface area contributed by atoms with Crippen molar-refractivity contribution >= 4 is 17.5 Å². The van der Waals surface area contributed by atoms with Gasteiger partial charge in [-0.25, -0.2) is 0 Å². The Bertz CT molecular complexity index is 446. The molecule has 0 bridgehead atoms. The van der Waals surface area contributed by atoms with Crippen LogP contribution < -0.4 is 21.5 Å². The van der Waals surface area contributed by atoms with E-state index >= 15 is 0 Å². The summed E-state index contributed by atoms with van der Waals surface area (Å²) in [4.78, 5) is 22.4. The zero-order valence-electron chi connectivity index (χ0n) is 10.2. The number of anilines is 1. The number of nitrogens with one attached hydrogen (secondary N) is 1. The van der Waals surface area contributed by atoms with Crippen molar-refractivity contribution in [3.05, 3.63) is 23.8 Å². The van der Waals surface area contributed by atoms with E-state index in [1.165, 1.54) is 6.07 Å². The number of benzene rings is 1. The highest BCUT2D eigenvalue weighted by Crippen LogP contribution is 2.21. The van der Waals surface area contributed by atoms with Crippen molar-refractivity contribution in [1.82, 2.24) is 5.32 Å². The molecule has 6 heteroatoms. The number of ether oxygens (including phenoxy) is 1. The van der Waals surface area contributed by atoms with Crippen LogP contribution in [0.25, 0.3) is 0 Å². The Labute approximate surface area is 105 Å². The average molecular weight is 251 g/mol. The molecule has 0 radical (unpaired) electrons. The highest BCUT2D eigenvalue weighted by molar-refractivity contribution is 5.96. The van der Waals surface area contributed by atoms with Crippen LogP contribution in [-0.2, 0) is 4.79 Å². The summed E-state index contributed by atoms with van der Waals surface area (Å²) >= 11 is 0. The standard InChI is InChI=1S/C12H17N3O3/c1-2-15-11(16)5-6-18-10-4-3-8(13)7-9(10)12(14)17/h3-4,7H,2,5-6,13H2,1H3,(H2,14,17)(H,15,16). The van der Waals surface area contributed by atoms with Gasteiger partial charge in [0.1, 0.15) is 5.75 Å². The van der Waals surface area contributed by atoms with Crippen molar-refractivity contribution in [3.63, 3.8) is 0 Å². The number of amides is 2. The summed E-state index contributed by atoms with van der Waals surface area (Å²) < 4.78 is 5.35. The highest BCUT2D eigenvalue weighted by Gasteiger charge is 2.10. The molecule has 0 spiro atoms. The molecule has 0 aliphatic rings. The number of primary amides is 1. The molecule has 0 saturated carbocycles. The van der Waals surface area contributed by atoms with Crippen molar-refractivity contribution < 1.29 is 14.3 Å². The monoisotopic (exact) mass is 251 g/mol. The minimum atomic E-state index is -0.615. The predicted octanol–water partition coefficient (Wildman–Crippen LogP) is 0.273. The van der Waals surface area contributed by atoms with Crippen molar-refractivity contribution in [2.75, 3.05) is 18.9 Å². The lowest BCUT2D eigenvalue weighted by Gasteiger charge is -2.10. The maximum atomic E-state index is 11.2. The summed E-state index contributed by atoms with van der Waals surface area (Å²) in [5, 5.41) is 2.65. The molecule has 2 amide bonds. The number of hydrogen-bond donors (Lipinski definition) is 3. The van der Waals surface area contributed by atoms with Crippen LogP contribution >= 0.6 is 0 Å². The number of nitrogen functional groups attached to an aromatic ring is 1.